The Labute approximate surface area is 101 Å². The number of rotatable bonds is 2. The smallest absolute Gasteiger partial charge is 0.225 e. The molecule has 1 aliphatic rings. The molecule has 0 saturated heterocycles. The van der Waals surface area contributed by atoms with E-state index in [1.165, 1.54) is 25.7 Å². The van der Waals surface area contributed by atoms with E-state index in [9.17, 15) is 0 Å². The summed E-state index contributed by atoms with van der Waals surface area (Å²) in [6.07, 6.45) is 9.41. The van der Waals surface area contributed by atoms with E-state index in [2.05, 4.69) is 9.97 Å². The van der Waals surface area contributed by atoms with Gasteiger partial charge in [0.25, 0.3) is 0 Å². The first-order valence-corrected chi connectivity index (χ1v) is 6.29. The van der Waals surface area contributed by atoms with E-state index in [-0.39, 0.29) is 5.28 Å². The lowest BCUT2D eigenvalue weighted by atomic mass is 10.1. The molecule has 0 atom stereocenters. The molecule has 0 amide bonds. The largest absolute Gasteiger partial charge is 0.474 e. The predicted molar refractivity (Wildman–Crippen MR) is 63.9 cm³/mol. The number of aromatic nitrogens is 2. The lowest BCUT2D eigenvalue weighted by molar-refractivity contribution is 0.174. The van der Waals surface area contributed by atoms with Gasteiger partial charge in [-0.1, -0.05) is 12.8 Å². The Hall–Kier alpha value is -0.830. The average molecular weight is 241 g/mol. The van der Waals surface area contributed by atoms with Crippen molar-refractivity contribution in [3.05, 3.63) is 17.0 Å². The van der Waals surface area contributed by atoms with E-state index in [4.69, 9.17) is 16.3 Å². The van der Waals surface area contributed by atoms with Crippen molar-refractivity contribution in [1.82, 2.24) is 9.97 Å². The fourth-order valence-electron chi connectivity index (χ4n) is 2.04. The third kappa shape index (κ3) is 3.08. The number of hydrogen-bond donors (Lipinski definition) is 0. The molecule has 1 aromatic rings. The summed E-state index contributed by atoms with van der Waals surface area (Å²) in [5.41, 5.74) is 0.952. The summed E-state index contributed by atoms with van der Waals surface area (Å²) in [6, 6.07) is 0. The standard InChI is InChI=1S/C12H17ClN2O/c1-9-8-14-12(13)15-11(9)16-10-6-4-2-3-5-7-10/h8,10H,2-7H2,1H3. The SMILES string of the molecule is Cc1cnc(Cl)nc1OC1CCCCCC1. The summed E-state index contributed by atoms with van der Waals surface area (Å²) >= 11 is 5.76. The molecule has 88 valence electrons. The maximum absolute atomic E-state index is 5.91. The van der Waals surface area contributed by atoms with Crippen molar-refractivity contribution in [1.29, 1.82) is 0 Å². The van der Waals surface area contributed by atoms with Gasteiger partial charge in [0.1, 0.15) is 6.10 Å². The van der Waals surface area contributed by atoms with Crippen LogP contribution in [0.2, 0.25) is 5.28 Å². The Balaban J connectivity index is 2.04. The highest BCUT2D eigenvalue weighted by atomic mass is 35.5. The van der Waals surface area contributed by atoms with Crippen LogP contribution < -0.4 is 4.74 Å². The first-order chi connectivity index (χ1) is 7.75. The highest BCUT2D eigenvalue weighted by molar-refractivity contribution is 6.28. The third-order valence-electron chi connectivity index (χ3n) is 2.98. The number of nitrogens with zero attached hydrogens (tertiary/aromatic N) is 2. The van der Waals surface area contributed by atoms with Gasteiger partial charge < -0.3 is 4.74 Å². The van der Waals surface area contributed by atoms with E-state index in [1.807, 2.05) is 6.92 Å². The molecule has 1 heterocycles. The monoisotopic (exact) mass is 240 g/mol. The molecular formula is C12H17ClN2O. The molecular weight excluding hydrogens is 224 g/mol. The Morgan fingerprint density at radius 2 is 1.94 bits per heavy atom. The Morgan fingerprint density at radius 3 is 2.62 bits per heavy atom. The topological polar surface area (TPSA) is 35.0 Å². The maximum atomic E-state index is 5.91. The second-order valence-corrected chi connectivity index (χ2v) is 4.70. The quantitative estimate of drug-likeness (QED) is 0.586. The summed E-state index contributed by atoms with van der Waals surface area (Å²) in [5, 5.41) is 0.259. The molecule has 1 fully saturated rings. The van der Waals surface area contributed by atoms with Crippen LogP contribution in [0.5, 0.6) is 5.88 Å². The van der Waals surface area contributed by atoms with Crippen LogP contribution >= 0.6 is 11.6 Å². The molecule has 0 unspecified atom stereocenters. The Bertz CT molecular complexity index is 349. The van der Waals surface area contributed by atoms with Gasteiger partial charge in [0.2, 0.25) is 11.2 Å². The number of hydrogen-bond acceptors (Lipinski definition) is 3. The van der Waals surface area contributed by atoms with Crippen molar-refractivity contribution in [2.24, 2.45) is 0 Å². The van der Waals surface area contributed by atoms with Gasteiger partial charge in [0.05, 0.1) is 0 Å². The van der Waals surface area contributed by atoms with E-state index >= 15 is 0 Å². The summed E-state index contributed by atoms with van der Waals surface area (Å²) in [4.78, 5) is 8.05. The van der Waals surface area contributed by atoms with Crippen LogP contribution in [-0.2, 0) is 0 Å². The van der Waals surface area contributed by atoms with Crippen LogP contribution in [-0.4, -0.2) is 16.1 Å². The van der Waals surface area contributed by atoms with Gasteiger partial charge in [-0.25, -0.2) is 4.98 Å². The van der Waals surface area contributed by atoms with Crippen LogP contribution in [0.25, 0.3) is 0 Å². The summed E-state index contributed by atoms with van der Waals surface area (Å²) in [7, 11) is 0. The fraction of sp³-hybridized carbons (Fsp3) is 0.667. The summed E-state index contributed by atoms with van der Waals surface area (Å²) in [6.45, 7) is 1.95. The summed E-state index contributed by atoms with van der Waals surface area (Å²) < 4.78 is 5.91. The number of aryl methyl sites for hydroxylation is 1. The van der Waals surface area contributed by atoms with Gasteiger partial charge in [-0.3, -0.25) is 0 Å². The number of ether oxygens (including phenoxy) is 1. The van der Waals surface area contributed by atoms with E-state index < -0.39 is 0 Å². The Kier molecular flexibility index (Phi) is 3.99. The fourth-order valence-corrected chi connectivity index (χ4v) is 2.17. The van der Waals surface area contributed by atoms with E-state index in [0.29, 0.717) is 12.0 Å². The molecule has 0 spiro atoms. The van der Waals surface area contributed by atoms with Crippen LogP contribution in [0.1, 0.15) is 44.1 Å². The van der Waals surface area contributed by atoms with Crippen molar-refractivity contribution in [3.8, 4) is 5.88 Å². The van der Waals surface area contributed by atoms with Crippen molar-refractivity contribution in [2.75, 3.05) is 0 Å². The molecule has 16 heavy (non-hydrogen) atoms. The molecule has 2 rings (SSSR count). The molecule has 1 aliphatic carbocycles. The van der Waals surface area contributed by atoms with Crippen LogP contribution in [0.3, 0.4) is 0 Å². The van der Waals surface area contributed by atoms with Crippen molar-refractivity contribution in [2.45, 2.75) is 51.6 Å². The highest BCUT2D eigenvalue weighted by Crippen LogP contribution is 2.24. The van der Waals surface area contributed by atoms with Gasteiger partial charge in [-0.2, -0.15) is 4.98 Å². The molecule has 0 aliphatic heterocycles. The van der Waals surface area contributed by atoms with E-state index in [0.717, 1.165) is 18.4 Å². The second-order valence-electron chi connectivity index (χ2n) is 4.36. The molecule has 3 nitrogen and oxygen atoms in total. The van der Waals surface area contributed by atoms with Gasteiger partial charge >= 0.3 is 0 Å². The minimum Gasteiger partial charge on any atom is -0.474 e. The van der Waals surface area contributed by atoms with Crippen molar-refractivity contribution >= 4 is 11.6 Å². The van der Waals surface area contributed by atoms with Crippen LogP contribution in [0.4, 0.5) is 0 Å². The molecule has 0 aromatic carbocycles. The first kappa shape index (κ1) is 11.6. The maximum Gasteiger partial charge on any atom is 0.225 e. The molecule has 0 radical (unpaired) electrons. The third-order valence-corrected chi connectivity index (χ3v) is 3.16. The normalized spacial score (nSPS) is 18.1. The first-order valence-electron chi connectivity index (χ1n) is 5.91. The van der Waals surface area contributed by atoms with Gasteiger partial charge in [0, 0.05) is 11.8 Å². The van der Waals surface area contributed by atoms with E-state index in [1.54, 1.807) is 6.20 Å². The summed E-state index contributed by atoms with van der Waals surface area (Å²) in [5.74, 6) is 0.645. The number of halogens is 1. The predicted octanol–water partition coefficient (Wildman–Crippen LogP) is 3.54. The minimum absolute atomic E-state index is 0.259. The minimum atomic E-state index is 0.259. The molecule has 0 N–H and O–H groups in total. The molecule has 1 saturated carbocycles. The molecule has 4 heteroatoms. The van der Waals surface area contributed by atoms with Crippen LogP contribution in [0, 0.1) is 6.92 Å². The molecule has 0 bridgehead atoms. The second kappa shape index (κ2) is 5.48. The highest BCUT2D eigenvalue weighted by Gasteiger charge is 2.15. The van der Waals surface area contributed by atoms with Gasteiger partial charge in [0.15, 0.2) is 0 Å². The lowest BCUT2D eigenvalue weighted by Crippen LogP contribution is -2.16. The zero-order valence-corrected chi connectivity index (χ0v) is 10.3. The molecule has 1 aromatic heterocycles. The zero-order chi connectivity index (χ0) is 11.4. The van der Waals surface area contributed by atoms with Crippen molar-refractivity contribution in [3.63, 3.8) is 0 Å². The lowest BCUT2D eigenvalue weighted by Gasteiger charge is -2.17. The zero-order valence-electron chi connectivity index (χ0n) is 9.58. The van der Waals surface area contributed by atoms with Crippen LogP contribution in [0.15, 0.2) is 6.20 Å². The Morgan fingerprint density at radius 1 is 1.25 bits per heavy atom. The average Bonchev–Trinajstić information content (AvgIpc) is 2.52. The van der Waals surface area contributed by atoms with Gasteiger partial charge in [-0.05, 0) is 44.2 Å². The van der Waals surface area contributed by atoms with Crippen molar-refractivity contribution < 1.29 is 4.74 Å². The van der Waals surface area contributed by atoms with Gasteiger partial charge in [-0.15, -0.1) is 0 Å².